The van der Waals surface area contributed by atoms with Crippen molar-refractivity contribution in [1.82, 2.24) is 4.98 Å². The van der Waals surface area contributed by atoms with Crippen LogP contribution in [0, 0.1) is 12.8 Å². The van der Waals surface area contributed by atoms with Crippen LogP contribution in [0.2, 0.25) is 5.15 Å². The summed E-state index contributed by atoms with van der Waals surface area (Å²) in [7, 11) is 0. The van der Waals surface area contributed by atoms with E-state index in [0.717, 1.165) is 18.4 Å². The van der Waals surface area contributed by atoms with E-state index in [4.69, 9.17) is 17.3 Å². The van der Waals surface area contributed by atoms with E-state index in [1.807, 2.05) is 6.92 Å². The zero-order valence-electron chi connectivity index (χ0n) is 9.74. The van der Waals surface area contributed by atoms with Gasteiger partial charge in [-0.15, -0.1) is 0 Å². The van der Waals surface area contributed by atoms with Crippen molar-refractivity contribution in [2.45, 2.75) is 32.2 Å². The van der Waals surface area contributed by atoms with E-state index in [2.05, 4.69) is 10.3 Å². The number of rotatable bonds is 4. The van der Waals surface area contributed by atoms with Crippen molar-refractivity contribution in [2.24, 2.45) is 11.7 Å². The van der Waals surface area contributed by atoms with Crippen LogP contribution in [-0.4, -0.2) is 16.9 Å². The van der Waals surface area contributed by atoms with E-state index >= 15 is 0 Å². The minimum absolute atomic E-state index is 0.0173. The average molecular weight is 254 g/mol. The number of hydrogen-bond acceptors (Lipinski definition) is 3. The Morgan fingerprint density at radius 3 is 3.00 bits per heavy atom. The second-order valence-corrected chi connectivity index (χ2v) is 4.94. The number of halogens is 1. The number of aryl methyl sites for hydroxylation is 1. The first-order valence-electron chi connectivity index (χ1n) is 5.74. The largest absolute Gasteiger partial charge is 0.327 e. The summed E-state index contributed by atoms with van der Waals surface area (Å²) >= 11 is 5.81. The number of nitrogens with two attached hydrogens (primary N) is 1. The lowest BCUT2D eigenvalue weighted by molar-refractivity contribution is -0.116. The van der Waals surface area contributed by atoms with Crippen LogP contribution in [0.4, 0.5) is 5.69 Å². The second-order valence-electron chi connectivity index (χ2n) is 4.59. The van der Waals surface area contributed by atoms with E-state index in [0.29, 0.717) is 23.2 Å². The van der Waals surface area contributed by atoms with Crippen molar-refractivity contribution in [2.75, 3.05) is 5.32 Å². The zero-order valence-corrected chi connectivity index (χ0v) is 10.5. The summed E-state index contributed by atoms with van der Waals surface area (Å²) in [5.41, 5.74) is 7.40. The fraction of sp³-hybridized carbons (Fsp3) is 0.500. The third-order valence-corrected chi connectivity index (χ3v) is 3.34. The van der Waals surface area contributed by atoms with E-state index in [9.17, 15) is 4.79 Å². The summed E-state index contributed by atoms with van der Waals surface area (Å²) in [5.74, 6) is 0.471. The van der Waals surface area contributed by atoms with Gasteiger partial charge in [-0.2, -0.15) is 0 Å². The minimum Gasteiger partial charge on any atom is -0.327 e. The number of anilines is 1. The zero-order chi connectivity index (χ0) is 12.4. The minimum atomic E-state index is -0.0621. The lowest BCUT2D eigenvalue weighted by Gasteiger charge is -2.10. The molecule has 0 radical (unpaired) electrons. The molecule has 0 saturated heterocycles. The molecule has 0 bridgehead atoms. The molecule has 0 aliphatic heterocycles. The van der Waals surface area contributed by atoms with Gasteiger partial charge in [0, 0.05) is 12.5 Å². The van der Waals surface area contributed by atoms with Gasteiger partial charge in [0.2, 0.25) is 5.91 Å². The highest BCUT2D eigenvalue weighted by Crippen LogP contribution is 2.32. The molecule has 1 amide bonds. The SMILES string of the molecule is Cc1cc(NC(=O)CC(N)C2CC2)cnc1Cl. The number of amides is 1. The highest BCUT2D eigenvalue weighted by Gasteiger charge is 2.29. The molecule has 1 aliphatic carbocycles. The highest BCUT2D eigenvalue weighted by atomic mass is 35.5. The van der Waals surface area contributed by atoms with Crippen LogP contribution in [0.15, 0.2) is 12.3 Å². The molecule has 1 atom stereocenters. The molecule has 1 aliphatic rings. The summed E-state index contributed by atoms with van der Waals surface area (Å²) < 4.78 is 0. The Hall–Kier alpha value is -1.13. The molecule has 0 aromatic carbocycles. The lowest BCUT2D eigenvalue weighted by atomic mass is 10.1. The van der Waals surface area contributed by atoms with Gasteiger partial charge in [0.25, 0.3) is 0 Å². The summed E-state index contributed by atoms with van der Waals surface area (Å²) in [6.45, 7) is 1.85. The summed E-state index contributed by atoms with van der Waals surface area (Å²) in [6, 6.07) is 1.78. The van der Waals surface area contributed by atoms with Gasteiger partial charge >= 0.3 is 0 Å². The molecule has 1 fully saturated rings. The quantitative estimate of drug-likeness (QED) is 0.808. The van der Waals surface area contributed by atoms with E-state index in [1.165, 1.54) is 0 Å². The van der Waals surface area contributed by atoms with E-state index in [1.54, 1.807) is 12.3 Å². The Morgan fingerprint density at radius 2 is 2.41 bits per heavy atom. The normalized spacial score (nSPS) is 16.6. The number of nitrogens with one attached hydrogen (secondary N) is 1. The van der Waals surface area contributed by atoms with Crippen LogP contribution in [0.25, 0.3) is 0 Å². The number of carbonyl (C=O) groups excluding carboxylic acids is 1. The standard InChI is InChI=1S/C12H16ClN3O/c1-7-4-9(6-15-12(7)13)16-11(17)5-10(14)8-2-3-8/h4,6,8,10H,2-3,5,14H2,1H3,(H,16,17). The van der Waals surface area contributed by atoms with Crippen molar-refractivity contribution >= 4 is 23.2 Å². The van der Waals surface area contributed by atoms with Crippen LogP contribution in [0.5, 0.6) is 0 Å². The molecule has 2 rings (SSSR count). The van der Waals surface area contributed by atoms with Gasteiger partial charge in [0.1, 0.15) is 5.15 Å². The van der Waals surface area contributed by atoms with Gasteiger partial charge in [0.05, 0.1) is 11.9 Å². The molecule has 92 valence electrons. The number of pyridine rings is 1. The molecule has 5 heteroatoms. The molecule has 1 saturated carbocycles. The number of hydrogen-bond donors (Lipinski definition) is 2. The van der Waals surface area contributed by atoms with Crippen molar-refractivity contribution in [3.05, 3.63) is 23.0 Å². The van der Waals surface area contributed by atoms with Crippen molar-refractivity contribution < 1.29 is 4.79 Å². The molecule has 1 aromatic rings. The molecule has 17 heavy (non-hydrogen) atoms. The second kappa shape index (κ2) is 5.02. The van der Waals surface area contributed by atoms with Crippen LogP contribution >= 0.6 is 11.6 Å². The summed E-state index contributed by atoms with van der Waals surface area (Å²) in [6.07, 6.45) is 4.22. The van der Waals surface area contributed by atoms with Gasteiger partial charge in [-0.05, 0) is 37.3 Å². The van der Waals surface area contributed by atoms with Crippen LogP contribution in [0.1, 0.15) is 24.8 Å². The maximum atomic E-state index is 11.7. The molecule has 1 aromatic heterocycles. The smallest absolute Gasteiger partial charge is 0.225 e. The van der Waals surface area contributed by atoms with E-state index in [-0.39, 0.29) is 11.9 Å². The molecule has 1 heterocycles. The Labute approximate surface area is 106 Å². The van der Waals surface area contributed by atoms with Crippen LogP contribution < -0.4 is 11.1 Å². The third kappa shape index (κ3) is 3.41. The summed E-state index contributed by atoms with van der Waals surface area (Å²) in [5, 5.41) is 3.24. The maximum absolute atomic E-state index is 11.7. The van der Waals surface area contributed by atoms with Gasteiger partial charge < -0.3 is 11.1 Å². The lowest BCUT2D eigenvalue weighted by Crippen LogP contribution is -2.28. The summed E-state index contributed by atoms with van der Waals surface area (Å²) in [4.78, 5) is 15.7. The fourth-order valence-electron chi connectivity index (χ4n) is 1.74. The molecule has 4 nitrogen and oxygen atoms in total. The Balaban J connectivity index is 1.90. The Bertz CT molecular complexity index is 432. The highest BCUT2D eigenvalue weighted by molar-refractivity contribution is 6.30. The van der Waals surface area contributed by atoms with Crippen molar-refractivity contribution in [1.29, 1.82) is 0 Å². The number of aromatic nitrogens is 1. The average Bonchev–Trinajstić information content (AvgIpc) is 3.06. The topological polar surface area (TPSA) is 68.0 Å². The van der Waals surface area contributed by atoms with Crippen LogP contribution in [0.3, 0.4) is 0 Å². The maximum Gasteiger partial charge on any atom is 0.225 e. The van der Waals surface area contributed by atoms with E-state index < -0.39 is 0 Å². The number of nitrogens with zero attached hydrogens (tertiary/aromatic N) is 1. The molecular formula is C12H16ClN3O. The van der Waals surface area contributed by atoms with Gasteiger partial charge in [-0.3, -0.25) is 4.79 Å². The number of carbonyl (C=O) groups is 1. The molecular weight excluding hydrogens is 238 g/mol. The van der Waals surface area contributed by atoms with Gasteiger partial charge in [-0.1, -0.05) is 11.6 Å². The fourth-order valence-corrected chi connectivity index (χ4v) is 1.85. The predicted molar refractivity (Wildman–Crippen MR) is 67.9 cm³/mol. The molecule has 0 spiro atoms. The van der Waals surface area contributed by atoms with Crippen molar-refractivity contribution in [3.8, 4) is 0 Å². The first-order chi connectivity index (χ1) is 8.06. The van der Waals surface area contributed by atoms with Gasteiger partial charge in [-0.25, -0.2) is 4.98 Å². The first-order valence-corrected chi connectivity index (χ1v) is 6.11. The predicted octanol–water partition coefficient (Wildman–Crippen LogP) is 2.11. The first kappa shape index (κ1) is 12.3. The van der Waals surface area contributed by atoms with Gasteiger partial charge in [0.15, 0.2) is 0 Å². The third-order valence-electron chi connectivity index (χ3n) is 2.95. The van der Waals surface area contributed by atoms with Crippen molar-refractivity contribution in [3.63, 3.8) is 0 Å². The Morgan fingerprint density at radius 1 is 1.71 bits per heavy atom. The monoisotopic (exact) mass is 253 g/mol. The van der Waals surface area contributed by atoms with Crippen LogP contribution in [-0.2, 0) is 4.79 Å². The molecule has 1 unspecified atom stereocenters. The Kier molecular flexibility index (Phi) is 3.64. The molecule has 3 N–H and O–H groups in total.